The molecule has 160 valence electrons. The molecule has 5 aromatic rings. The summed E-state index contributed by atoms with van der Waals surface area (Å²) in [7, 11) is 1.86. The van der Waals surface area contributed by atoms with Crippen molar-refractivity contribution in [2.24, 2.45) is 7.05 Å². The van der Waals surface area contributed by atoms with Gasteiger partial charge in [0.1, 0.15) is 5.58 Å². The van der Waals surface area contributed by atoms with Crippen molar-refractivity contribution in [3.63, 3.8) is 0 Å². The van der Waals surface area contributed by atoms with Crippen LogP contribution in [-0.2, 0) is 11.8 Å². The van der Waals surface area contributed by atoms with E-state index in [2.05, 4.69) is 20.5 Å². The molecule has 0 atom stereocenters. The number of benzene rings is 2. The van der Waals surface area contributed by atoms with Gasteiger partial charge in [0.25, 0.3) is 0 Å². The van der Waals surface area contributed by atoms with Gasteiger partial charge in [-0.15, -0.1) is 21.5 Å². The van der Waals surface area contributed by atoms with E-state index in [0.717, 1.165) is 22.2 Å². The van der Waals surface area contributed by atoms with Gasteiger partial charge in [0, 0.05) is 23.4 Å². The second kappa shape index (κ2) is 8.60. The van der Waals surface area contributed by atoms with Crippen LogP contribution >= 0.6 is 23.1 Å². The molecule has 0 unspecified atom stereocenters. The fourth-order valence-corrected chi connectivity index (χ4v) is 4.67. The van der Waals surface area contributed by atoms with Gasteiger partial charge in [0.2, 0.25) is 5.91 Å². The Labute approximate surface area is 192 Å². The molecule has 0 radical (unpaired) electrons. The van der Waals surface area contributed by atoms with Gasteiger partial charge in [0.05, 0.1) is 11.4 Å². The number of carbonyl (C=O) groups is 1. The maximum Gasteiger partial charge on any atom is 0.236 e. The van der Waals surface area contributed by atoms with Crippen molar-refractivity contribution < 1.29 is 9.21 Å². The molecule has 0 aliphatic heterocycles. The number of thiazole rings is 1. The molecule has 0 fully saturated rings. The highest BCUT2D eigenvalue weighted by Gasteiger charge is 2.17. The van der Waals surface area contributed by atoms with E-state index < -0.39 is 0 Å². The third-order valence-corrected chi connectivity index (χ3v) is 6.69. The van der Waals surface area contributed by atoms with E-state index in [1.54, 1.807) is 0 Å². The van der Waals surface area contributed by atoms with E-state index >= 15 is 0 Å². The number of furan rings is 1. The number of nitrogens with one attached hydrogen (secondary N) is 1. The Bertz CT molecular complexity index is 1370. The maximum atomic E-state index is 12.4. The van der Waals surface area contributed by atoms with Crippen LogP contribution in [0, 0.1) is 6.92 Å². The third-order valence-electron chi connectivity index (χ3n) is 4.91. The highest BCUT2D eigenvalue weighted by Crippen LogP contribution is 2.29. The van der Waals surface area contributed by atoms with Crippen LogP contribution in [0.25, 0.3) is 33.8 Å². The van der Waals surface area contributed by atoms with Crippen LogP contribution in [-0.4, -0.2) is 31.4 Å². The highest BCUT2D eigenvalue weighted by atomic mass is 32.2. The number of nitrogens with zero attached hydrogens (tertiary/aromatic N) is 4. The number of rotatable bonds is 6. The first-order valence-corrected chi connectivity index (χ1v) is 11.8. The normalized spacial score (nSPS) is 11.2. The number of anilines is 1. The first-order chi connectivity index (χ1) is 15.6. The van der Waals surface area contributed by atoms with Crippen LogP contribution in [0.3, 0.4) is 0 Å². The van der Waals surface area contributed by atoms with Crippen LogP contribution in [0.1, 0.15) is 5.56 Å². The van der Waals surface area contributed by atoms with Crippen LogP contribution in [0.2, 0.25) is 0 Å². The largest absolute Gasteiger partial charge is 0.453 e. The Hall–Kier alpha value is -3.43. The molecule has 0 aliphatic carbocycles. The average molecular weight is 462 g/mol. The van der Waals surface area contributed by atoms with Crippen LogP contribution in [0.15, 0.2) is 69.6 Å². The smallest absolute Gasteiger partial charge is 0.236 e. The Balaban J connectivity index is 1.22. The lowest BCUT2D eigenvalue weighted by molar-refractivity contribution is -0.113. The van der Waals surface area contributed by atoms with E-state index in [4.69, 9.17) is 4.42 Å². The molecule has 0 saturated carbocycles. The zero-order valence-electron chi connectivity index (χ0n) is 17.4. The molecule has 0 spiro atoms. The summed E-state index contributed by atoms with van der Waals surface area (Å²) >= 11 is 2.72. The van der Waals surface area contributed by atoms with Crippen molar-refractivity contribution in [2.75, 3.05) is 11.1 Å². The number of aryl methyl sites for hydroxylation is 1. The van der Waals surface area contributed by atoms with Gasteiger partial charge in [-0.25, -0.2) is 4.98 Å². The number of hydrogen-bond donors (Lipinski definition) is 1. The summed E-state index contributed by atoms with van der Waals surface area (Å²) in [6.07, 6.45) is 0. The predicted octanol–water partition coefficient (Wildman–Crippen LogP) is 5.39. The summed E-state index contributed by atoms with van der Waals surface area (Å²) in [4.78, 5) is 17.0. The SMILES string of the molecule is Cc1ccc(-c2csc(NC(=O)CSc3nnc(-c4cc5ccccc5o4)n3C)n2)cc1. The van der Waals surface area contributed by atoms with Crippen molar-refractivity contribution in [3.8, 4) is 22.8 Å². The summed E-state index contributed by atoms with van der Waals surface area (Å²) in [5.74, 6) is 1.31. The molecule has 7 nitrogen and oxygen atoms in total. The summed E-state index contributed by atoms with van der Waals surface area (Å²) in [6, 6.07) is 17.9. The van der Waals surface area contributed by atoms with E-state index in [-0.39, 0.29) is 11.7 Å². The number of fused-ring (bicyclic) bond motifs is 1. The number of amides is 1. The van der Waals surface area contributed by atoms with Crippen LogP contribution < -0.4 is 5.32 Å². The Kier molecular flexibility index (Phi) is 5.50. The molecule has 0 saturated heterocycles. The minimum atomic E-state index is -0.145. The Morgan fingerprint density at radius 1 is 1.16 bits per heavy atom. The van der Waals surface area contributed by atoms with Gasteiger partial charge in [0.15, 0.2) is 21.9 Å². The summed E-state index contributed by atoms with van der Waals surface area (Å²) in [5.41, 5.74) is 3.87. The molecule has 3 heterocycles. The predicted molar refractivity (Wildman–Crippen MR) is 128 cm³/mol. The summed E-state index contributed by atoms with van der Waals surface area (Å²) in [5, 5.41) is 15.5. The Morgan fingerprint density at radius 2 is 1.97 bits per heavy atom. The third kappa shape index (κ3) is 4.17. The van der Waals surface area contributed by atoms with Gasteiger partial charge in [-0.05, 0) is 19.1 Å². The molecular weight excluding hydrogens is 442 g/mol. The number of carbonyl (C=O) groups excluding carboxylic acids is 1. The Morgan fingerprint density at radius 3 is 2.78 bits per heavy atom. The molecular formula is C23H19N5O2S2. The molecule has 1 N–H and O–H groups in total. The van der Waals surface area contributed by atoms with Gasteiger partial charge in [-0.1, -0.05) is 59.8 Å². The second-order valence-electron chi connectivity index (χ2n) is 7.25. The molecule has 0 bridgehead atoms. The second-order valence-corrected chi connectivity index (χ2v) is 9.06. The molecule has 9 heteroatoms. The van der Waals surface area contributed by atoms with Gasteiger partial charge < -0.3 is 14.3 Å². The van der Waals surface area contributed by atoms with Gasteiger partial charge in [-0.2, -0.15) is 0 Å². The number of aromatic nitrogens is 4. The minimum absolute atomic E-state index is 0.145. The van der Waals surface area contributed by atoms with Crippen molar-refractivity contribution in [1.29, 1.82) is 0 Å². The van der Waals surface area contributed by atoms with E-state index in [1.807, 2.05) is 78.5 Å². The maximum absolute atomic E-state index is 12.4. The monoisotopic (exact) mass is 461 g/mol. The molecule has 0 aliphatic rings. The lowest BCUT2D eigenvalue weighted by atomic mass is 10.1. The first-order valence-electron chi connectivity index (χ1n) is 9.90. The van der Waals surface area contributed by atoms with Crippen molar-refractivity contribution >= 4 is 45.1 Å². The van der Waals surface area contributed by atoms with Crippen molar-refractivity contribution in [3.05, 3.63) is 65.5 Å². The summed E-state index contributed by atoms with van der Waals surface area (Å²) in [6.45, 7) is 2.05. The van der Waals surface area contributed by atoms with E-state index in [1.165, 1.54) is 28.7 Å². The van der Waals surface area contributed by atoms with Crippen molar-refractivity contribution in [2.45, 2.75) is 12.1 Å². The van der Waals surface area contributed by atoms with Crippen LogP contribution in [0.4, 0.5) is 5.13 Å². The highest BCUT2D eigenvalue weighted by molar-refractivity contribution is 7.99. The van der Waals surface area contributed by atoms with Gasteiger partial charge >= 0.3 is 0 Å². The zero-order chi connectivity index (χ0) is 22.1. The number of para-hydroxylation sites is 1. The molecule has 2 aromatic carbocycles. The lowest BCUT2D eigenvalue weighted by Gasteiger charge is -2.03. The zero-order valence-corrected chi connectivity index (χ0v) is 19.0. The fourth-order valence-electron chi connectivity index (χ4n) is 3.22. The molecule has 3 aromatic heterocycles. The van der Waals surface area contributed by atoms with Gasteiger partial charge in [-0.3, -0.25) is 4.79 Å². The van der Waals surface area contributed by atoms with Crippen LogP contribution in [0.5, 0.6) is 0 Å². The average Bonchev–Trinajstić information content (AvgIpc) is 3.51. The van der Waals surface area contributed by atoms with Crippen molar-refractivity contribution in [1.82, 2.24) is 19.7 Å². The quantitative estimate of drug-likeness (QED) is 0.341. The number of hydrogen-bond acceptors (Lipinski definition) is 7. The fraction of sp³-hybridized carbons (Fsp3) is 0.130. The molecule has 32 heavy (non-hydrogen) atoms. The van der Waals surface area contributed by atoms with E-state index in [0.29, 0.717) is 21.9 Å². The van der Waals surface area contributed by atoms with E-state index in [9.17, 15) is 4.79 Å². The lowest BCUT2D eigenvalue weighted by Crippen LogP contribution is -2.14. The first kappa shape index (κ1) is 20.5. The summed E-state index contributed by atoms with van der Waals surface area (Å²) < 4.78 is 7.71. The standard InChI is InChI=1S/C23H19N5O2S2/c1-14-7-9-15(10-8-14)17-12-31-22(24-17)25-20(29)13-32-23-27-26-21(28(23)2)19-11-16-5-3-4-6-18(16)30-19/h3-12H,13H2,1-2H3,(H,24,25,29). The molecule has 5 rings (SSSR count). The minimum Gasteiger partial charge on any atom is -0.453 e. The number of thioether (sulfide) groups is 1. The topological polar surface area (TPSA) is 85.8 Å². The molecule has 1 amide bonds.